The first kappa shape index (κ1) is 16.8. The van der Waals surface area contributed by atoms with Crippen molar-refractivity contribution in [2.75, 3.05) is 11.9 Å². The molecule has 0 spiro atoms. The molecule has 3 nitrogen and oxygen atoms in total. The molecular weight excluding hydrogens is 295 g/mol. The molecule has 1 aliphatic rings. The quantitative estimate of drug-likeness (QED) is 0.859. The topological polar surface area (TPSA) is 38.3 Å². The van der Waals surface area contributed by atoms with E-state index in [9.17, 15) is 18.0 Å². The highest BCUT2D eigenvalue weighted by Crippen LogP contribution is 2.25. The fraction of sp³-hybridized carbons (Fsp3) is 0.562. The van der Waals surface area contributed by atoms with Crippen LogP contribution in [0.4, 0.5) is 18.9 Å². The summed E-state index contributed by atoms with van der Waals surface area (Å²) in [5.41, 5.74) is 0.967. The van der Waals surface area contributed by atoms with E-state index in [1.54, 1.807) is 24.3 Å². The number of carbonyl (C=O) groups excluding carboxylic acids is 1. The lowest BCUT2D eigenvalue weighted by Gasteiger charge is -2.13. The Balaban J connectivity index is 1.86. The molecule has 0 saturated carbocycles. The Kier molecular flexibility index (Phi) is 5.83. The first-order chi connectivity index (χ1) is 10.4. The van der Waals surface area contributed by atoms with Crippen molar-refractivity contribution in [1.29, 1.82) is 0 Å². The van der Waals surface area contributed by atoms with Gasteiger partial charge in [0.05, 0.1) is 6.10 Å². The van der Waals surface area contributed by atoms with E-state index >= 15 is 0 Å². The predicted octanol–water partition coefficient (Wildman–Crippen LogP) is 4.08. The van der Waals surface area contributed by atoms with Crippen molar-refractivity contribution in [2.45, 2.75) is 50.8 Å². The third kappa shape index (κ3) is 5.67. The number of carbonyl (C=O) groups is 1. The molecule has 1 atom stereocenters. The Morgan fingerprint density at radius 3 is 2.77 bits per heavy atom. The minimum absolute atomic E-state index is 0.131. The summed E-state index contributed by atoms with van der Waals surface area (Å²) >= 11 is 0. The lowest BCUT2D eigenvalue weighted by atomic mass is 10.1. The Hall–Kier alpha value is -1.56. The first-order valence-corrected chi connectivity index (χ1v) is 7.50. The maximum atomic E-state index is 12.3. The van der Waals surface area contributed by atoms with Crippen molar-refractivity contribution >= 4 is 11.6 Å². The third-order valence-electron chi connectivity index (χ3n) is 3.69. The summed E-state index contributed by atoms with van der Waals surface area (Å²) in [6, 6.07) is 6.62. The highest BCUT2D eigenvalue weighted by Gasteiger charge is 2.27. The van der Waals surface area contributed by atoms with Crippen LogP contribution in [0, 0.1) is 0 Å². The number of hydrogen-bond donors (Lipinski definition) is 1. The molecule has 0 bridgehead atoms. The van der Waals surface area contributed by atoms with Gasteiger partial charge in [0.1, 0.15) is 0 Å². The Labute approximate surface area is 127 Å². The van der Waals surface area contributed by atoms with Gasteiger partial charge in [0.15, 0.2) is 0 Å². The van der Waals surface area contributed by atoms with E-state index in [1.807, 2.05) is 0 Å². The average Bonchev–Trinajstić information content (AvgIpc) is 2.97. The Bertz CT molecular complexity index is 496. The molecule has 1 fully saturated rings. The molecule has 22 heavy (non-hydrogen) atoms. The molecule has 2 rings (SSSR count). The molecule has 0 aromatic heterocycles. The van der Waals surface area contributed by atoms with Crippen LogP contribution in [0.3, 0.4) is 0 Å². The summed E-state index contributed by atoms with van der Waals surface area (Å²) in [6.07, 6.45) is -2.14. The summed E-state index contributed by atoms with van der Waals surface area (Å²) in [7, 11) is 0. The van der Waals surface area contributed by atoms with Gasteiger partial charge in [-0.25, -0.2) is 0 Å². The zero-order valence-electron chi connectivity index (χ0n) is 12.3. The number of benzene rings is 1. The van der Waals surface area contributed by atoms with Crippen LogP contribution in [0.15, 0.2) is 24.3 Å². The lowest BCUT2D eigenvalue weighted by molar-refractivity contribution is -0.133. The molecule has 0 aliphatic carbocycles. The van der Waals surface area contributed by atoms with Crippen LogP contribution >= 0.6 is 0 Å². The molecule has 1 aromatic rings. The zero-order chi connectivity index (χ0) is 16.0. The zero-order valence-corrected chi connectivity index (χ0v) is 12.3. The number of aryl methyl sites for hydroxylation is 1. The summed E-state index contributed by atoms with van der Waals surface area (Å²) < 4.78 is 42.4. The monoisotopic (exact) mass is 315 g/mol. The standard InChI is InChI=1S/C16H20F3NO2/c17-16(18,19)10-9-12-4-1-2-6-14(12)20-15(21)8-7-13-5-3-11-22-13/h1-2,4,6,13H,3,5,7-11H2,(H,20,21)/t13-/m0/s1. The largest absolute Gasteiger partial charge is 0.389 e. The van der Waals surface area contributed by atoms with Crippen LogP contribution in [-0.4, -0.2) is 24.8 Å². The maximum absolute atomic E-state index is 12.3. The first-order valence-electron chi connectivity index (χ1n) is 7.50. The Morgan fingerprint density at radius 2 is 2.09 bits per heavy atom. The van der Waals surface area contributed by atoms with Crippen LogP contribution in [0.2, 0.25) is 0 Å². The molecule has 0 unspecified atom stereocenters. The van der Waals surface area contributed by atoms with Crippen molar-refractivity contribution in [2.24, 2.45) is 0 Å². The number of ether oxygens (including phenoxy) is 1. The second kappa shape index (κ2) is 7.63. The molecule has 1 aromatic carbocycles. The van der Waals surface area contributed by atoms with E-state index in [1.165, 1.54) is 0 Å². The van der Waals surface area contributed by atoms with Gasteiger partial charge >= 0.3 is 6.18 Å². The number of nitrogens with one attached hydrogen (secondary N) is 1. The fourth-order valence-electron chi connectivity index (χ4n) is 2.51. The molecule has 122 valence electrons. The SMILES string of the molecule is O=C(CC[C@@H]1CCCO1)Nc1ccccc1CCC(F)(F)F. The molecule has 0 radical (unpaired) electrons. The highest BCUT2D eigenvalue weighted by atomic mass is 19.4. The molecule has 1 aliphatic heterocycles. The fourth-order valence-corrected chi connectivity index (χ4v) is 2.51. The van der Waals surface area contributed by atoms with Gasteiger partial charge in [-0.05, 0) is 37.3 Å². The summed E-state index contributed by atoms with van der Waals surface area (Å²) in [5, 5.41) is 2.71. The van der Waals surface area contributed by atoms with Gasteiger partial charge in [-0.1, -0.05) is 18.2 Å². The minimum Gasteiger partial charge on any atom is -0.378 e. The van der Waals surface area contributed by atoms with Crippen molar-refractivity contribution < 1.29 is 22.7 Å². The van der Waals surface area contributed by atoms with Gasteiger partial charge in [-0.3, -0.25) is 4.79 Å². The van der Waals surface area contributed by atoms with E-state index < -0.39 is 12.6 Å². The molecule has 1 N–H and O–H groups in total. The van der Waals surface area contributed by atoms with E-state index in [-0.39, 0.29) is 18.4 Å². The highest BCUT2D eigenvalue weighted by molar-refractivity contribution is 5.91. The van der Waals surface area contributed by atoms with E-state index in [0.29, 0.717) is 24.1 Å². The maximum Gasteiger partial charge on any atom is 0.389 e. The number of alkyl halides is 3. The van der Waals surface area contributed by atoms with Crippen LogP contribution < -0.4 is 5.32 Å². The lowest BCUT2D eigenvalue weighted by Crippen LogP contribution is -2.16. The van der Waals surface area contributed by atoms with E-state index in [4.69, 9.17) is 4.74 Å². The van der Waals surface area contributed by atoms with Crippen LogP contribution in [0.25, 0.3) is 0 Å². The van der Waals surface area contributed by atoms with Crippen LogP contribution in [0.1, 0.15) is 37.7 Å². The summed E-state index contributed by atoms with van der Waals surface area (Å²) in [5.74, 6) is -0.185. The number of anilines is 1. The van der Waals surface area contributed by atoms with Crippen LogP contribution in [0.5, 0.6) is 0 Å². The smallest absolute Gasteiger partial charge is 0.378 e. The van der Waals surface area contributed by atoms with Crippen molar-refractivity contribution in [1.82, 2.24) is 0 Å². The summed E-state index contributed by atoms with van der Waals surface area (Å²) in [4.78, 5) is 11.9. The molecule has 6 heteroatoms. The average molecular weight is 315 g/mol. The second-order valence-corrected chi connectivity index (χ2v) is 5.49. The number of rotatable bonds is 6. The van der Waals surface area contributed by atoms with Crippen molar-refractivity contribution in [3.63, 3.8) is 0 Å². The molecular formula is C16H20F3NO2. The van der Waals surface area contributed by atoms with Crippen molar-refractivity contribution in [3.05, 3.63) is 29.8 Å². The van der Waals surface area contributed by atoms with Gasteiger partial charge in [0.2, 0.25) is 5.91 Å². The second-order valence-electron chi connectivity index (χ2n) is 5.49. The third-order valence-corrected chi connectivity index (χ3v) is 3.69. The minimum atomic E-state index is -4.20. The number of halogens is 3. The summed E-state index contributed by atoms with van der Waals surface area (Å²) in [6.45, 7) is 0.743. The van der Waals surface area contributed by atoms with Crippen molar-refractivity contribution in [3.8, 4) is 0 Å². The van der Waals surface area contributed by atoms with E-state index in [0.717, 1.165) is 19.4 Å². The predicted molar refractivity (Wildman–Crippen MR) is 77.7 cm³/mol. The van der Waals surface area contributed by atoms with Gasteiger partial charge in [0, 0.05) is 25.1 Å². The molecule has 1 heterocycles. The normalized spacial score (nSPS) is 18.4. The van der Waals surface area contributed by atoms with E-state index in [2.05, 4.69) is 5.32 Å². The number of para-hydroxylation sites is 1. The van der Waals surface area contributed by atoms with Gasteiger partial charge in [-0.15, -0.1) is 0 Å². The molecule has 1 amide bonds. The number of amides is 1. The Morgan fingerprint density at radius 1 is 1.32 bits per heavy atom. The van der Waals surface area contributed by atoms with Gasteiger partial charge in [0.25, 0.3) is 0 Å². The van der Waals surface area contributed by atoms with Gasteiger partial charge < -0.3 is 10.1 Å². The molecule has 1 saturated heterocycles. The van der Waals surface area contributed by atoms with Crippen LogP contribution in [-0.2, 0) is 16.0 Å². The number of hydrogen-bond acceptors (Lipinski definition) is 2. The van der Waals surface area contributed by atoms with Gasteiger partial charge in [-0.2, -0.15) is 13.2 Å².